The maximum absolute atomic E-state index is 10.8. The lowest BCUT2D eigenvalue weighted by molar-refractivity contribution is -0.385. The molecule has 0 saturated heterocycles. The van der Waals surface area contributed by atoms with Crippen molar-refractivity contribution in [1.82, 2.24) is 10.3 Å². The molecule has 0 spiro atoms. The van der Waals surface area contributed by atoms with Crippen molar-refractivity contribution in [1.29, 1.82) is 0 Å². The van der Waals surface area contributed by atoms with E-state index in [9.17, 15) is 15.2 Å². The van der Waals surface area contributed by atoms with E-state index in [2.05, 4.69) is 10.3 Å². The summed E-state index contributed by atoms with van der Waals surface area (Å²) < 4.78 is 5.59. The molecule has 0 aliphatic heterocycles. The van der Waals surface area contributed by atoms with Crippen molar-refractivity contribution in [3.05, 3.63) is 57.8 Å². The fraction of sp³-hybridized carbons (Fsp3) is 0.353. The summed E-state index contributed by atoms with van der Waals surface area (Å²) in [6.07, 6.45) is 4.25. The first kappa shape index (κ1) is 16.2. The van der Waals surface area contributed by atoms with Crippen LogP contribution in [0, 0.1) is 16.0 Å². The van der Waals surface area contributed by atoms with Gasteiger partial charge in [-0.3, -0.25) is 10.1 Å². The van der Waals surface area contributed by atoms with Crippen molar-refractivity contribution in [2.75, 3.05) is 6.61 Å². The number of hydrogen-bond acceptors (Lipinski definition) is 6. The van der Waals surface area contributed by atoms with Gasteiger partial charge in [0.15, 0.2) is 5.75 Å². The fourth-order valence-corrected chi connectivity index (χ4v) is 2.27. The van der Waals surface area contributed by atoms with Gasteiger partial charge in [0.25, 0.3) is 0 Å². The molecule has 0 amide bonds. The fourth-order valence-electron chi connectivity index (χ4n) is 2.27. The van der Waals surface area contributed by atoms with Crippen LogP contribution in [-0.2, 0) is 13.1 Å². The molecule has 1 aromatic carbocycles. The van der Waals surface area contributed by atoms with Gasteiger partial charge < -0.3 is 15.2 Å². The summed E-state index contributed by atoms with van der Waals surface area (Å²) in [4.78, 5) is 14.5. The van der Waals surface area contributed by atoms with Crippen LogP contribution in [0.1, 0.15) is 24.0 Å². The average molecular weight is 329 g/mol. The standard InChI is InChI=1S/C17H19N3O4/c21-16-5-3-13(7-15(16)20(22)23)8-18-9-14-4-6-17(19-10-14)24-11-12-1-2-12/h3-7,10,12,18,21H,1-2,8-9,11H2. The third-order valence-electron chi connectivity index (χ3n) is 3.86. The Hall–Kier alpha value is -2.67. The van der Waals surface area contributed by atoms with Crippen LogP contribution in [0.15, 0.2) is 36.5 Å². The van der Waals surface area contributed by atoms with E-state index in [0.717, 1.165) is 17.7 Å². The number of rotatable bonds is 8. The number of nitrogens with zero attached hydrogens (tertiary/aromatic N) is 2. The Morgan fingerprint density at radius 1 is 1.25 bits per heavy atom. The van der Waals surface area contributed by atoms with Gasteiger partial charge in [-0.15, -0.1) is 0 Å². The predicted octanol–water partition coefficient (Wildman–Crippen LogP) is 2.77. The smallest absolute Gasteiger partial charge is 0.311 e. The minimum absolute atomic E-state index is 0.284. The van der Waals surface area contributed by atoms with Crippen LogP contribution in [0.3, 0.4) is 0 Å². The molecular formula is C17H19N3O4. The van der Waals surface area contributed by atoms with Gasteiger partial charge in [-0.2, -0.15) is 0 Å². The number of pyridine rings is 1. The SMILES string of the molecule is O=[N+]([O-])c1cc(CNCc2ccc(OCC3CC3)nc2)ccc1O. The van der Waals surface area contributed by atoms with E-state index in [1.165, 1.54) is 25.0 Å². The van der Waals surface area contributed by atoms with Crippen LogP contribution in [0.25, 0.3) is 0 Å². The van der Waals surface area contributed by atoms with E-state index in [-0.39, 0.29) is 11.4 Å². The molecule has 0 atom stereocenters. The van der Waals surface area contributed by atoms with E-state index in [1.807, 2.05) is 12.1 Å². The summed E-state index contributed by atoms with van der Waals surface area (Å²) in [5, 5.41) is 23.4. The highest BCUT2D eigenvalue weighted by Crippen LogP contribution is 2.29. The zero-order valence-electron chi connectivity index (χ0n) is 13.1. The molecule has 1 aliphatic rings. The van der Waals surface area contributed by atoms with Gasteiger partial charge in [-0.05, 0) is 36.0 Å². The summed E-state index contributed by atoms with van der Waals surface area (Å²) in [7, 11) is 0. The number of phenolic OH excluding ortho intramolecular Hbond substituents is 1. The first-order valence-electron chi connectivity index (χ1n) is 7.86. The van der Waals surface area contributed by atoms with Gasteiger partial charge in [-0.25, -0.2) is 4.98 Å². The van der Waals surface area contributed by atoms with Gasteiger partial charge in [0.05, 0.1) is 11.5 Å². The molecule has 7 heteroatoms. The molecule has 0 unspecified atom stereocenters. The van der Waals surface area contributed by atoms with Crippen LogP contribution in [-0.4, -0.2) is 21.6 Å². The molecule has 3 rings (SSSR count). The van der Waals surface area contributed by atoms with Crippen molar-refractivity contribution in [2.24, 2.45) is 5.92 Å². The second-order valence-electron chi connectivity index (χ2n) is 5.94. The largest absolute Gasteiger partial charge is 0.502 e. The van der Waals surface area contributed by atoms with E-state index in [0.29, 0.717) is 24.9 Å². The van der Waals surface area contributed by atoms with Crippen LogP contribution in [0.5, 0.6) is 11.6 Å². The highest BCUT2D eigenvalue weighted by atomic mass is 16.6. The van der Waals surface area contributed by atoms with Crippen molar-refractivity contribution in [2.45, 2.75) is 25.9 Å². The highest BCUT2D eigenvalue weighted by molar-refractivity contribution is 5.47. The molecule has 1 saturated carbocycles. The van der Waals surface area contributed by atoms with Crippen molar-refractivity contribution < 1.29 is 14.8 Å². The molecule has 0 bridgehead atoms. The number of hydrogen-bond donors (Lipinski definition) is 2. The maximum Gasteiger partial charge on any atom is 0.311 e. The molecule has 0 radical (unpaired) electrons. The number of aromatic hydroxyl groups is 1. The van der Waals surface area contributed by atoms with Crippen LogP contribution in [0.2, 0.25) is 0 Å². The Labute approximate surface area is 139 Å². The first-order valence-corrected chi connectivity index (χ1v) is 7.86. The Morgan fingerprint density at radius 3 is 2.67 bits per heavy atom. The van der Waals surface area contributed by atoms with Crippen LogP contribution >= 0.6 is 0 Å². The first-order chi connectivity index (χ1) is 11.6. The van der Waals surface area contributed by atoms with Crippen molar-refractivity contribution in [3.63, 3.8) is 0 Å². The number of phenols is 1. The van der Waals surface area contributed by atoms with E-state index in [4.69, 9.17) is 4.74 Å². The zero-order valence-corrected chi connectivity index (χ0v) is 13.1. The summed E-state index contributed by atoms with van der Waals surface area (Å²) in [5.41, 5.74) is 1.45. The van der Waals surface area contributed by atoms with Crippen LogP contribution in [0.4, 0.5) is 5.69 Å². The summed E-state index contributed by atoms with van der Waals surface area (Å²) in [6, 6.07) is 8.16. The molecule has 1 aromatic heterocycles. The molecule has 24 heavy (non-hydrogen) atoms. The number of nitrogens with one attached hydrogen (secondary N) is 1. The summed E-state index contributed by atoms with van der Waals surface area (Å²) >= 11 is 0. The van der Waals surface area contributed by atoms with E-state index < -0.39 is 4.92 Å². The van der Waals surface area contributed by atoms with Crippen molar-refractivity contribution >= 4 is 5.69 Å². The zero-order chi connectivity index (χ0) is 16.9. The Bertz CT molecular complexity index is 714. The number of nitro benzene ring substituents is 1. The van der Waals surface area contributed by atoms with Crippen molar-refractivity contribution in [3.8, 4) is 11.6 Å². The van der Waals surface area contributed by atoms with Gasteiger partial charge in [-0.1, -0.05) is 12.1 Å². The molecule has 2 N–H and O–H groups in total. The minimum Gasteiger partial charge on any atom is -0.502 e. The maximum atomic E-state index is 10.8. The van der Waals surface area contributed by atoms with Gasteiger partial charge in [0.2, 0.25) is 5.88 Å². The monoisotopic (exact) mass is 329 g/mol. The lowest BCUT2D eigenvalue weighted by Crippen LogP contribution is -2.13. The van der Waals surface area contributed by atoms with Gasteiger partial charge in [0.1, 0.15) is 0 Å². The molecule has 7 nitrogen and oxygen atoms in total. The van der Waals surface area contributed by atoms with E-state index >= 15 is 0 Å². The molecule has 1 fully saturated rings. The molecule has 126 valence electrons. The number of ether oxygens (including phenoxy) is 1. The Morgan fingerprint density at radius 2 is 2.00 bits per heavy atom. The quantitative estimate of drug-likeness (QED) is 0.571. The van der Waals surface area contributed by atoms with Gasteiger partial charge in [0, 0.05) is 31.4 Å². The van der Waals surface area contributed by atoms with Crippen LogP contribution < -0.4 is 10.1 Å². The Balaban J connectivity index is 1.48. The number of aromatic nitrogens is 1. The van der Waals surface area contributed by atoms with E-state index in [1.54, 1.807) is 12.3 Å². The third kappa shape index (κ3) is 4.42. The average Bonchev–Trinajstić information content (AvgIpc) is 3.40. The molecular weight excluding hydrogens is 310 g/mol. The topological polar surface area (TPSA) is 97.5 Å². The Kier molecular flexibility index (Phi) is 4.90. The summed E-state index contributed by atoms with van der Waals surface area (Å²) in [6.45, 7) is 1.79. The number of benzene rings is 1. The normalized spacial score (nSPS) is 13.7. The summed E-state index contributed by atoms with van der Waals surface area (Å²) in [5.74, 6) is 1.01. The second-order valence-corrected chi connectivity index (χ2v) is 5.94. The molecule has 1 aliphatic carbocycles. The van der Waals surface area contributed by atoms with Gasteiger partial charge >= 0.3 is 5.69 Å². The lowest BCUT2D eigenvalue weighted by atomic mass is 10.2. The highest BCUT2D eigenvalue weighted by Gasteiger charge is 2.22. The molecule has 1 heterocycles. The second kappa shape index (κ2) is 7.27. The minimum atomic E-state index is -0.594. The third-order valence-corrected chi connectivity index (χ3v) is 3.86. The lowest BCUT2D eigenvalue weighted by Gasteiger charge is -2.07. The predicted molar refractivity (Wildman–Crippen MR) is 87.8 cm³/mol. The molecule has 2 aromatic rings. The number of nitro groups is 1.